The maximum atomic E-state index is 11.4. The molecule has 3 aromatic rings. The van der Waals surface area contributed by atoms with E-state index < -0.39 is 0 Å². The van der Waals surface area contributed by atoms with Gasteiger partial charge in [-0.05, 0) is 37.6 Å². The number of hydrogen-bond acceptors (Lipinski definition) is 3. The number of esters is 1. The summed E-state index contributed by atoms with van der Waals surface area (Å²) in [6, 6.07) is 18.3. The molecule has 0 atom stereocenters. The Balaban J connectivity index is 1.83. The van der Waals surface area contributed by atoms with Crippen LogP contribution in [0.15, 0.2) is 66.7 Å². The van der Waals surface area contributed by atoms with Gasteiger partial charge in [0, 0.05) is 17.7 Å². The van der Waals surface area contributed by atoms with Crippen molar-refractivity contribution >= 4 is 17.0 Å². The molecular formula is C20H20N2O2. The molecule has 24 heavy (non-hydrogen) atoms. The van der Waals surface area contributed by atoms with Gasteiger partial charge in [0.15, 0.2) is 0 Å². The Morgan fingerprint density at radius 2 is 1.83 bits per heavy atom. The number of ether oxygens (including phenoxy) is 1. The van der Waals surface area contributed by atoms with Crippen molar-refractivity contribution in [2.24, 2.45) is 0 Å². The zero-order valence-corrected chi connectivity index (χ0v) is 13.7. The third-order valence-electron chi connectivity index (χ3n) is 3.77. The van der Waals surface area contributed by atoms with Gasteiger partial charge in [0.05, 0.1) is 17.6 Å². The number of imidazole rings is 1. The predicted octanol–water partition coefficient (Wildman–Crippen LogP) is 4.08. The number of para-hydroxylation sites is 3. The number of aromatic nitrogens is 2. The van der Waals surface area contributed by atoms with Crippen molar-refractivity contribution in [1.29, 1.82) is 0 Å². The predicted molar refractivity (Wildman–Crippen MR) is 95.2 cm³/mol. The second-order valence-corrected chi connectivity index (χ2v) is 5.71. The van der Waals surface area contributed by atoms with Gasteiger partial charge >= 0.3 is 5.97 Å². The van der Waals surface area contributed by atoms with Gasteiger partial charge in [0.1, 0.15) is 5.82 Å². The number of carbonyl (C=O) groups is 1. The van der Waals surface area contributed by atoms with Crippen LogP contribution < -0.4 is 0 Å². The highest BCUT2D eigenvalue weighted by Gasteiger charge is 2.12. The molecule has 0 spiro atoms. The first-order valence-corrected chi connectivity index (χ1v) is 8.01. The van der Waals surface area contributed by atoms with Gasteiger partial charge in [0.25, 0.3) is 0 Å². The molecule has 122 valence electrons. The molecule has 0 aliphatic carbocycles. The summed E-state index contributed by atoms with van der Waals surface area (Å²) < 4.78 is 7.33. The van der Waals surface area contributed by atoms with Crippen molar-refractivity contribution < 1.29 is 9.53 Å². The van der Waals surface area contributed by atoms with Gasteiger partial charge in [-0.25, -0.2) is 9.78 Å². The van der Waals surface area contributed by atoms with E-state index >= 15 is 0 Å². The quantitative estimate of drug-likeness (QED) is 0.390. The highest BCUT2D eigenvalue weighted by Crippen LogP contribution is 2.22. The summed E-state index contributed by atoms with van der Waals surface area (Å²) in [6.07, 6.45) is 1.45. The Labute approximate surface area is 141 Å². The molecule has 0 saturated carbocycles. The standard InChI is InChI=1S/C20H20N2O2/c1-15(2)20(23)24-14-8-13-19-21-17-11-6-7-12-18(17)22(19)16-9-4-3-5-10-16/h3-7,9-12H,1,8,13-14H2,2H3. The van der Waals surface area contributed by atoms with Gasteiger partial charge in [0.2, 0.25) is 0 Å². The maximum Gasteiger partial charge on any atom is 0.333 e. The lowest BCUT2D eigenvalue weighted by molar-refractivity contribution is -0.139. The molecule has 0 amide bonds. The lowest BCUT2D eigenvalue weighted by Crippen LogP contribution is -2.08. The molecular weight excluding hydrogens is 300 g/mol. The highest BCUT2D eigenvalue weighted by molar-refractivity contribution is 5.86. The summed E-state index contributed by atoms with van der Waals surface area (Å²) in [5, 5.41) is 0. The number of carbonyl (C=O) groups excluding carboxylic acids is 1. The van der Waals surface area contributed by atoms with Crippen molar-refractivity contribution in [1.82, 2.24) is 9.55 Å². The summed E-state index contributed by atoms with van der Waals surface area (Å²) in [5.41, 5.74) is 3.56. The molecule has 0 N–H and O–H groups in total. The van der Waals surface area contributed by atoms with Crippen LogP contribution in [-0.2, 0) is 16.0 Å². The third-order valence-corrected chi connectivity index (χ3v) is 3.77. The molecule has 0 aliphatic heterocycles. The molecule has 0 fully saturated rings. The first-order chi connectivity index (χ1) is 11.7. The van der Waals surface area contributed by atoms with Crippen LogP contribution in [0.3, 0.4) is 0 Å². The molecule has 0 saturated heterocycles. The first kappa shape index (κ1) is 16.0. The van der Waals surface area contributed by atoms with Crippen LogP contribution in [0.1, 0.15) is 19.2 Å². The molecule has 0 aliphatic rings. The van der Waals surface area contributed by atoms with Crippen LogP contribution in [0.25, 0.3) is 16.7 Å². The van der Waals surface area contributed by atoms with E-state index in [0.717, 1.165) is 35.4 Å². The number of aryl methyl sites for hydroxylation is 1. The van der Waals surface area contributed by atoms with Gasteiger partial charge in [-0.15, -0.1) is 0 Å². The van der Waals surface area contributed by atoms with Crippen LogP contribution in [0, 0.1) is 0 Å². The Morgan fingerprint density at radius 3 is 2.58 bits per heavy atom. The fraction of sp³-hybridized carbons (Fsp3) is 0.200. The number of hydrogen-bond donors (Lipinski definition) is 0. The van der Waals surface area contributed by atoms with Crippen LogP contribution in [0.2, 0.25) is 0 Å². The lowest BCUT2D eigenvalue weighted by Gasteiger charge is -2.09. The van der Waals surface area contributed by atoms with Gasteiger partial charge in [-0.2, -0.15) is 0 Å². The van der Waals surface area contributed by atoms with Crippen LogP contribution >= 0.6 is 0 Å². The van der Waals surface area contributed by atoms with E-state index in [2.05, 4.69) is 29.3 Å². The minimum Gasteiger partial charge on any atom is -0.462 e. The second kappa shape index (κ2) is 7.13. The molecule has 4 heteroatoms. The van der Waals surface area contributed by atoms with E-state index in [1.165, 1.54) is 0 Å². The smallest absolute Gasteiger partial charge is 0.333 e. The van der Waals surface area contributed by atoms with Crippen molar-refractivity contribution in [3.05, 3.63) is 72.6 Å². The van der Waals surface area contributed by atoms with Crippen molar-refractivity contribution in [3.8, 4) is 5.69 Å². The minimum atomic E-state index is -0.341. The summed E-state index contributed by atoms with van der Waals surface area (Å²) >= 11 is 0. The molecule has 1 aromatic heterocycles. The molecule has 0 radical (unpaired) electrons. The van der Waals surface area contributed by atoms with Crippen LogP contribution in [0.4, 0.5) is 0 Å². The summed E-state index contributed by atoms with van der Waals surface area (Å²) in [4.78, 5) is 16.2. The average Bonchev–Trinajstić information content (AvgIpc) is 2.97. The largest absolute Gasteiger partial charge is 0.462 e. The van der Waals surface area contributed by atoms with E-state index in [1.807, 2.05) is 36.4 Å². The van der Waals surface area contributed by atoms with Gasteiger partial charge in [-0.1, -0.05) is 36.9 Å². The van der Waals surface area contributed by atoms with E-state index in [4.69, 9.17) is 9.72 Å². The minimum absolute atomic E-state index is 0.341. The van der Waals surface area contributed by atoms with Crippen LogP contribution in [-0.4, -0.2) is 22.1 Å². The Kier molecular flexibility index (Phi) is 4.75. The van der Waals surface area contributed by atoms with Crippen LogP contribution in [0.5, 0.6) is 0 Å². The molecule has 0 bridgehead atoms. The summed E-state index contributed by atoms with van der Waals surface area (Å²) in [7, 11) is 0. The number of benzene rings is 2. The third kappa shape index (κ3) is 3.38. The molecule has 1 heterocycles. The zero-order valence-electron chi connectivity index (χ0n) is 13.7. The topological polar surface area (TPSA) is 44.1 Å². The van der Waals surface area contributed by atoms with Gasteiger partial charge in [-0.3, -0.25) is 4.57 Å². The van der Waals surface area contributed by atoms with Crippen molar-refractivity contribution in [3.63, 3.8) is 0 Å². The van der Waals surface area contributed by atoms with E-state index in [1.54, 1.807) is 6.92 Å². The average molecular weight is 320 g/mol. The maximum absolute atomic E-state index is 11.4. The molecule has 0 unspecified atom stereocenters. The molecule has 3 rings (SSSR count). The second-order valence-electron chi connectivity index (χ2n) is 5.71. The van der Waals surface area contributed by atoms with Crippen molar-refractivity contribution in [2.45, 2.75) is 19.8 Å². The summed E-state index contributed by atoms with van der Waals surface area (Å²) in [6.45, 7) is 5.60. The van der Waals surface area contributed by atoms with Crippen molar-refractivity contribution in [2.75, 3.05) is 6.61 Å². The monoisotopic (exact) mass is 320 g/mol. The van der Waals surface area contributed by atoms with E-state index in [-0.39, 0.29) is 5.97 Å². The van der Waals surface area contributed by atoms with Gasteiger partial charge < -0.3 is 4.74 Å². The Morgan fingerprint density at radius 1 is 1.12 bits per heavy atom. The van der Waals surface area contributed by atoms with E-state index in [9.17, 15) is 4.79 Å². The lowest BCUT2D eigenvalue weighted by atomic mass is 10.2. The normalized spacial score (nSPS) is 10.7. The fourth-order valence-electron chi connectivity index (χ4n) is 2.63. The summed E-state index contributed by atoms with van der Waals surface area (Å²) in [5.74, 6) is 0.625. The zero-order chi connectivity index (χ0) is 16.9. The highest BCUT2D eigenvalue weighted by atomic mass is 16.5. The first-order valence-electron chi connectivity index (χ1n) is 8.01. The Bertz CT molecular complexity index is 866. The SMILES string of the molecule is C=C(C)C(=O)OCCCc1nc2ccccc2n1-c1ccccc1. The molecule has 2 aromatic carbocycles. The number of nitrogens with zero attached hydrogens (tertiary/aromatic N) is 2. The molecule has 4 nitrogen and oxygen atoms in total. The Hall–Kier alpha value is -2.88. The number of rotatable bonds is 6. The van der Waals surface area contributed by atoms with E-state index in [0.29, 0.717) is 12.2 Å². The number of fused-ring (bicyclic) bond motifs is 1. The fourth-order valence-corrected chi connectivity index (χ4v) is 2.63.